The summed E-state index contributed by atoms with van der Waals surface area (Å²) in [7, 11) is 3.18. The second kappa shape index (κ2) is 5.24. The molecule has 0 saturated heterocycles. The molecule has 1 fully saturated rings. The Morgan fingerprint density at radius 1 is 1.28 bits per heavy atom. The summed E-state index contributed by atoms with van der Waals surface area (Å²) < 4.78 is 24.6. The number of rotatable bonds is 4. The van der Waals surface area contributed by atoms with Gasteiger partial charge in [0.2, 0.25) is 0 Å². The van der Waals surface area contributed by atoms with Gasteiger partial charge in [-0.2, -0.15) is 0 Å². The summed E-state index contributed by atoms with van der Waals surface area (Å²) in [5.74, 6) is 0.173. The van der Waals surface area contributed by atoms with E-state index in [0.29, 0.717) is 11.3 Å². The second-order valence-corrected chi connectivity index (χ2v) is 4.84. The van der Waals surface area contributed by atoms with Gasteiger partial charge in [0.05, 0.1) is 18.8 Å². The molecule has 2 rings (SSSR count). The average Bonchev–Trinajstić information content (AvgIpc) is 2.87. The monoisotopic (exact) mass is 253 g/mol. The van der Waals surface area contributed by atoms with Crippen molar-refractivity contribution >= 4 is 0 Å². The summed E-state index contributed by atoms with van der Waals surface area (Å²) in [5, 5.41) is 0. The molecule has 0 aromatic heterocycles. The highest BCUT2D eigenvalue weighted by atomic mass is 19.1. The van der Waals surface area contributed by atoms with E-state index in [2.05, 4.69) is 0 Å². The first-order valence-corrected chi connectivity index (χ1v) is 6.27. The molecule has 18 heavy (non-hydrogen) atoms. The fourth-order valence-electron chi connectivity index (χ4n) is 2.79. The number of ether oxygens (including phenoxy) is 2. The van der Waals surface area contributed by atoms with Gasteiger partial charge in [0.15, 0.2) is 0 Å². The first-order chi connectivity index (χ1) is 8.63. The minimum atomic E-state index is -0.434. The van der Waals surface area contributed by atoms with Crippen molar-refractivity contribution < 1.29 is 13.9 Å². The van der Waals surface area contributed by atoms with E-state index in [1.54, 1.807) is 19.2 Å². The van der Waals surface area contributed by atoms with Gasteiger partial charge >= 0.3 is 0 Å². The first kappa shape index (κ1) is 13.3. The van der Waals surface area contributed by atoms with Crippen LogP contribution in [0.2, 0.25) is 0 Å². The lowest BCUT2D eigenvalue weighted by Crippen LogP contribution is -2.41. The second-order valence-electron chi connectivity index (χ2n) is 4.84. The highest BCUT2D eigenvalue weighted by Gasteiger charge is 2.41. The van der Waals surface area contributed by atoms with Gasteiger partial charge in [-0.15, -0.1) is 0 Å². The lowest BCUT2D eigenvalue weighted by atomic mass is 9.87. The third-order valence-corrected chi connectivity index (χ3v) is 3.97. The normalized spacial score (nSPS) is 19.8. The van der Waals surface area contributed by atoms with E-state index in [0.717, 1.165) is 25.7 Å². The average molecular weight is 253 g/mol. The minimum Gasteiger partial charge on any atom is -0.497 e. The zero-order valence-corrected chi connectivity index (χ0v) is 10.9. The Morgan fingerprint density at radius 2 is 1.94 bits per heavy atom. The maximum atomic E-state index is 14.0. The van der Waals surface area contributed by atoms with E-state index >= 15 is 0 Å². The Labute approximate surface area is 107 Å². The molecular formula is C14H20FNO2. The zero-order chi connectivity index (χ0) is 13.2. The quantitative estimate of drug-likeness (QED) is 0.897. The molecule has 0 aliphatic heterocycles. The Morgan fingerprint density at radius 3 is 2.44 bits per heavy atom. The van der Waals surface area contributed by atoms with Crippen LogP contribution in [0, 0.1) is 5.82 Å². The Kier molecular flexibility index (Phi) is 3.88. The SMILES string of the molecule is COc1ccc(C(N)C2(OC)CCCC2)c(F)c1. The number of nitrogens with two attached hydrogens (primary N) is 1. The van der Waals surface area contributed by atoms with Gasteiger partial charge in [-0.1, -0.05) is 18.9 Å². The van der Waals surface area contributed by atoms with Crippen molar-refractivity contribution in [2.45, 2.75) is 37.3 Å². The molecule has 0 amide bonds. The summed E-state index contributed by atoms with van der Waals surface area (Å²) in [4.78, 5) is 0. The molecule has 4 heteroatoms. The minimum absolute atomic E-state index is 0.329. The van der Waals surface area contributed by atoms with Crippen LogP contribution in [-0.2, 0) is 4.74 Å². The third-order valence-electron chi connectivity index (χ3n) is 3.97. The predicted octanol–water partition coefficient (Wildman–Crippen LogP) is 2.79. The predicted molar refractivity (Wildman–Crippen MR) is 68.1 cm³/mol. The van der Waals surface area contributed by atoms with Gasteiger partial charge < -0.3 is 15.2 Å². The van der Waals surface area contributed by atoms with Crippen molar-refractivity contribution in [2.24, 2.45) is 5.73 Å². The Bertz CT molecular complexity index is 416. The molecule has 2 N–H and O–H groups in total. The summed E-state index contributed by atoms with van der Waals surface area (Å²) >= 11 is 0. The molecule has 0 radical (unpaired) electrons. The third kappa shape index (κ3) is 2.22. The van der Waals surface area contributed by atoms with Crippen LogP contribution in [0.15, 0.2) is 18.2 Å². The number of methoxy groups -OCH3 is 2. The number of halogens is 1. The van der Waals surface area contributed by atoms with Gasteiger partial charge in [-0.05, 0) is 18.9 Å². The Hall–Kier alpha value is -1.13. The van der Waals surface area contributed by atoms with E-state index in [9.17, 15) is 4.39 Å². The van der Waals surface area contributed by atoms with Crippen LogP contribution in [0.3, 0.4) is 0 Å². The van der Waals surface area contributed by atoms with Crippen LogP contribution < -0.4 is 10.5 Å². The largest absolute Gasteiger partial charge is 0.497 e. The molecule has 1 aromatic carbocycles. The van der Waals surface area contributed by atoms with E-state index in [1.807, 2.05) is 0 Å². The molecular weight excluding hydrogens is 233 g/mol. The van der Waals surface area contributed by atoms with Gasteiger partial charge in [0.25, 0.3) is 0 Å². The van der Waals surface area contributed by atoms with Crippen LogP contribution in [0.1, 0.15) is 37.3 Å². The van der Waals surface area contributed by atoms with Crippen LogP contribution in [0.4, 0.5) is 4.39 Å². The van der Waals surface area contributed by atoms with Gasteiger partial charge in [-0.3, -0.25) is 0 Å². The summed E-state index contributed by atoms with van der Waals surface area (Å²) in [6, 6.07) is 4.36. The lowest BCUT2D eigenvalue weighted by Gasteiger charge is -2.34. The van der Waals surface area contributed by atoms with Gasteiger partial charge in [0.1, 0.15) is 11.6 Å². The number of hydrogen-bond donors (Lipinski definition) is 1. The topological polar surface area (TPSA) is 44.5 Å². The van der Waals surface area contributed by atoms with Crippen LogP contribution in [0.5, 0.6) is 5.75 Å². The summed E-state index contributed by atoms with van der Waals surface area (Å²) in [6.45, 7) is 0. The molecule has 1 aliphatic rings. The molecule has 1 saturated carbocycles. The van der Waals surface area contributed by atoms with E-state index < -0.39 is 11.6 Å². The van der Waals surface area contributed by atoms with Crippen LogP contribution >= 0.6 is 0 Å². The van der Waals surface area contributed by atoms with Crippen molar-refractivity contribution in [3.8, 4) is 5.75 Å². The standard InChI is InChI=1S/C14H20FNO2/c1-17-10-5-6-11(12(15)9-10)13(16)14(18-2)7-3-4-8-14/h5-6,9,13H,3-4,7-8,16H2,1-2H3. The maximum Gasteiger partial charge on any atom is 0.131 e. The van der Waals surface area contributed by atoms with E-state index in [4.69, 9.17) is 15.2 Å². The molecule has 0 heterocycles. The fraction of sp³-hybridized carbons (Fsp3) is 0.571. The number of benzene rings is 1. The highest BCUT2D eigenvalue weighted by molar-refractivity contribution is 5.32. The van der Waals surface area contributed by atoms with Gasteiger partial charge in [-0.25, -0.2) is 4.39 Å². The molecule has 100 valence electrons. The van der Waals surface area contributed by atoms with Crippen molar-refractivity contribution in [1.29, 1.82) is 0 Å². The van der Waals surface area contributed by atoms with Crippen molar-refractivity contribution in [3.63, 3.8) is 0 Å². The molecule has 1 aliphatic carbocycles. The lowest BCUT2D eigenvalue weighted by molar-refractivity contribution is -0.0272. The first-order valence-electron chi connectivity index (χ1n) is 6.27. The molecule has 3 nitrogen and oxygen atoms in total. The fourth-order valence-corrected chi connectivity index (χ4v) is 2.79. The van der Waals surface area contributed by atoms with Crippen LogP contribution in [-0.4, -0.2) is 19.8 Å². The van der Waals surface area contributed by atoms with Crippen molar-refractivity contribution in [1.82, 2.24) is 0 Å². The van der Waals surface area contributed by atoms with E-state index in [-0.39, 0.29) is 5.82 Å². The van der Waals surface area contributed by atoms with Crippen molar-refractivity contribution in [2.75, 3.05) is 14.2 Å². The van der Waals surface area contributed by atoms with Gasteiger partial charge in [0, 0.05) is 18.7 Å². The summed E-state index contributed by atoms with van der Waals surface area (Å²) in [5.41, 5.74) is 6.31. The maximum absolute atomic E-state index is 14.0. The molecule has 1 aromatic rings. The Balaban J connectivity index is 2.30. The summed E-state index contributed by atoms with van der Waals surface area (Å²) in [6.07, 6.45) is 3.94. The molecule has 0 spiro atoms. The van der Waals surface area contributed by atoms with Crippen LogP contribution in [0.25, 0.3) is 0 Å². The highest BCUT2D eigenvalue weighted by Crippen LogP contribution is 2.42. The molecule has 1 atom stereocenters. The molecule has 1 unspecified atom stereocenters. The smallest absolute Gasteiger partial charge is 0.131 e. The van der Waals surface area contributed by atoms with Crippen molar-refractivity contribution in [3.05, 3.63) is 29.6 Å². The van der Waals surface area contributed by atoms with E-state index in [1.165, 1.54) is 13.2 Å². The molecule has 0 bridgehead atoms. The number of hydrogen-bond acceptors (Lipinski definition) is 3. The zero-order valence-electron chi connectivity index (χ0n) is 10.9.